The molecule has 4 aliphatic carbocycles. The van der Waals surface area contributed by atoms with Crippen LogP contribution >= 0.6 is 31.9 Å². The molecule has 0 N–H and O–H groups in total. The van der Waals surface area contributed by atoms with Gasteiger partial charge in [-0.25, -0.2) is 0 Å². The quantitative estimate of drug-likeness (QED) is 0.595. The predicted octanol–water partition coefficient (Wildman–Crippen LogP) is 3.87. The molecular formula is C10H14Br2. The van der Waals surface area contributed by atoms with Gasteiger partial charge < -0.3 is 0 Å². The van der Waals surface area contributed by atoms with E-state index in [1.807, 2.05) is 0 Å². The maximum absolute atomic E-state index is 3.96. The zero-order chi connectivity index (χ0) is 8.40. The fraction of sp³-hybridized carbons (Fsp3) is 1.00. The highest BCUT2D eigenvalue weighted by molar-refractivity contribution is 9.10. The van der Waals surface area contributed by atoms with Crippen molar-refractivity contribution in [1.82, 2.24) is 0 Å². The lowest BCUT2D eigenvalue weighted by Gasteiger charge is -2.58. The van der Waals surface area contributed by atoms with Crippen molar-refractivity contribution in [3.05, 3.63) is 0 Å². The zero-order valence-corrected chi connectivity index (χ0v) is 10.3. The second-order valence-corrected chi connectivity index (χ2v) is 8.63. The van der Waals surface area contributed by atoms with Gasteiger partial charge in [0.05, 0.1) is 0 Å². The molecule has 0 saturated heterocycles. The molecule has 0 aromatic carbocycles. The first kappa shape index (κ1) is 8.28. The Balaban J connectivity index is 1.98. The summed E-state index contributed by atoms with van der Waals surface area (Å²) >= 11 is 7.93. The topological polar surface area (TPSA) is 0 Å². The van der Waals surface area contributed by atoms with Crippen LogP contribution in [0, 0.1) is 11.8 Å². The van der Waals surface area contributed by atoms with Crippen LogP contribution < -0.4 is 0 Å². The van der Waals surface area contributed by atoms with E-state index >= 15 is 0 Å². The van der Waals surface area contributed by atoms with Gasteiger partial charge in [0, 0.05) is 8.65 Å². The van der Waals surface area contributed by atoms with Gasteiger partial charge in [-0.3, -0.25) is 0 Å². The van der Waals surface area contributed by atoms with Crippen molar-refractivity contribution in [2.45, 2.75) is 47.2 Å². The van der Waals surface area contributed by atoms with E-state index in [1.54, 1.807) is 0 Å². The van der Waals surface area contributed by atoms with Crippen LogP contribution in [0.25, 0.3) is 0 Å². The summed E-state index contributed by atoms with van der Waals surface area (Å²) in [5.41, 5.74) is 0. The third kappa shape index (κ3) is 1.13. The van der Waals surface area contributed by atoms with Gasteiger partial charge in [0.1, 0.15) is 0 Å². The van der Waals surface area contributed by atoms with Crippen LogP contribution in [-0.2, 0) is 0 Å². The molecule has 0 aromatic rings. The Kier molecular flexibility index (Phi) is 1.59. The van der Waals surface area contributed by atoms with Gasteiger partial charge in [0.15, 0.2) is 0 Å². The Morgan fingerprint density at radius 2 is 1.25 bits per heavy atom. The molecule has 0 unspecified atom stereocenters. The lowest BCUT2D eigenvalue weighted by atomic mass is 9.56. The minimum atomic E-state index is 0.528. The number of hydrogen-bond donors (Lipinski definition) is 0. The van der Waals surface area contributed by atoms with Gasteiger partial charge >= 0.3 is 0 Å². The maximum Gasteiger partial charge on any atom is 0.0276 e. The van der Waals surface area contributed by atoms with E-state index in [9.17, 15) is 0 Å². The first-order valence-corrected chi connectivity index (χ1v) is 6.53. The number of alkyl halides is 2. The molecule has 0 aliphatic heterocycles. The van der Waals surface area contributed by atoms with Crippen molar-refractivity contribution >= 4 is 31.9 Å². The van der Waals surface area contributed by atoms with Crippen LogP contribution in [0.4, 0.5) is 0 Å². The van der Waals surface area contributed by atoms with Crippen LogP contribution in [-0.4, -0.2) is 8.65 Å². The summed E-state index contributed by atoms with van der Waals surface area (Å²) < 4.78 is 1.06. The minimum Gasteiger partial charge on any atom is -0.0853 e. The first-order chi connectivity index (χ1) is 5.57. The summed E-state index contributed by atoms with van der Waals surface area (Å²) in [7, 11) is 0. The molecule has 0 atom stereocenters. The van der Waals surface area contributed by atoms with Gasteiger partial charge in [-0.2, -0.15) is 0 Å². The van der Waals surface area contributed by atoms with Crippen molar-refractivity contribution in [1.29, 1.82) is 0 Å². The third-order valence-electron chi connectivity index (χ3n) is 3.92. The first-order valence-electron chi connectivity index (χ1n) is 4.95. The monoisotopic (exact) mass is 292 g/mol. The average Bonchev–Trinajstić information content (AvgIpc) is 1.75. The Bertz CT molecular complexity index is 190. The largest absolute Gasteiger partial charge is 0.0853 e. The summed E-state index contributed by atoms with van der Waals surface area (Å²) in [6, 6.07) is 0. The lowest BCUT2D eigenvalue weighted by molar-refractivity contribution is 0.0638. The van der Waals surface area contributed by atoms with E-state index in [0.717, 1.165) is 11.8 Å². The summed E-state index contributed by atoms with van der Waals surface area (Å²) in [4.78, 5) is 0. The lowest BCUT2D eigenvalue weighted by Crippen LogP contribution is -2.53. The molecule has 4 fully saturated rings. The highest BCUT2D eigenvalue weighted by Crippen LogP contribution is 2.63. The van der Waals surface area contributed by atoms with E-state index < -0.39 is 0 Å². The summed E-state index contributed by atoms with van der Waals surface area (Å²) in [5.74, 6) is 2.04. The van der Waals surface area contributed by atoms with E-state index in [0.29, 0.717) is 8.65 Å². The van der Waals surface area contributed by atoms with Crippen molar-refractivity contribution < 1.29 is 0 Å². The van der Waals surface area contributed by atoms with Gasteiger partial charge in [-0.15, -0.1) is 0 Å². The van der Waals surface area contributed by atoms with Crippen LogP contribution in [0.1, 0.15) is 38.5 Å². The fourth-order valence-electron chi connectivity index (χ4n) is 4.04. The molecule has 0 radical (unpaired) electrons. The Morgan fingerprint density at radius 3 is 1.58 bits per heavy atom. The molecule has 0 heterocycles. The van der Waals surface area contributed by atoms with Crippen molar-refractivity contribution in [2.24, 2.45) is 11.8 Å². The fourth-order valence-corrected chi connectivity index (χ4v) is 7.32. The van der Waals surface area contributed by atoms with Gasteiger partial charge in [-0.1, -0.05) is 31.9 Å². The molecule has 68 valence electrons. The van der Waals surface area contributed by atoms with Crippen LogP contribution in [0.2, 0.25) is 0 Å². The SMILES string of the molecule is BrC12CC3(Br)C[C@H](C1)C[C@@H](C2)C3. The van der Waals surface area contributed by atoms with E-state index in [4.69, 9.17) is 0 Å². The smallest absolute Gasteiger partial charge is 0.0276 e. The Labute approximate surface area is 90.7 Å². The highest BCUT2D eigenvalue weighted by atomic mass is 79.9. The van der Waals surface area contributed by atoms with Gasteiger partial charge in [0.25, 0.3) is 0 Å². The second kappa shape index (κ2) is 2.31. The van der Waals surface area contributed by atoms with E-state index in [-0.39, 0.29) is 0 Å². The summed E-state index contributed by atoms with van der Waals surface area (Å²) in [6.45, 7) is 0. The third-order valence-corrected chi connectivity index (χ3v) is 5.77. The second-order valence-electron chi connectivity index (χ2n) is 5.26. The molecular weight excluding hydrogens is 280 g/mol. The van der Waals surface area contributed by atoms with Crippen LogP contribution in [0.3, 0.4) is 0 Å². The Morgan fingerprint density at radius 1 is 0.833 bits per heavy atom. The molecule has 4 rings (SSSR count). The van der Waals surface area contributed by atoms with Crippen LogP contribution in [0.5, 0.6) is 0 Å². The minimum absolute atomic E-state index is 0.528. The van der Waals surface area contributed by atoms with Crippen molar-refractivity contribution in [2.75, 3.05) is 0 Å². The standard InChI is InChI=1S/C10H14Br2/c11-9-2-7-1-8(4-9)5-10(12,3-7)6-9/h7-8H,1-6H2/t7-,8-,9?,10?. The molecule has 0 amide bonds. The van der Waals surface area contributed by atoms with Gasteiger partial charge in [0.2, 0.25) is 0 Å². The van der Waals surface area contributed by atoms with Gasteiger partial charge in [-0.05, 0) is 50.4 Å². The summed E-state index contributed by atoms with van der Waals surface area (Å²) in [6.07, 6.45) is 8.65. The van der Waals surface area contributed by atoms with Crippen LogP contribution in [0.15, 0.2) is 0 Å². The van der Waals surface area contributed by atoms with E-state index in [1.165, 1.54) is 38.5 Å². The Hall–Kier alpha value is 0.960. The highest BCUT2D eigenvalue weighted by Gasteiger charge is 2.55. The van der Waals surface area contributed by atoms with Crippen molar-refractivity contribution in [3.63, 3.8) is 0 Å². The normalized spacial score (nSPS) is 62.5. The predicted molar refractivity (Wildman–Crippen MR) is 58.0 cm³/mol. The van der Waals surface area contributed by atoms with Crippen molar-refractivity contribution in [3.8, 4) is 0 Å². The molecule has 4 bridgehead atoms. The zero-order valence-electron chi connectivity index (χ0n) is 7.15. The number of rotatable bonds is 0. The molecule has 0 nitrogen and oxygen atoms in total. The molecule has 4 aliphatic rings. The molecule has 2 heteroatoms. The average molecular weight is 294 g/mol. The number of hydrogen-bond acceptors (Lipinski definition) is 0. The molecule has 4 saturated carbocycles. The molecule has 0 aromatic heterocycles. The molecule has 12 heavy (non-hydrogen) atoms. The maximum atomic E-state index is 3.96. The summed E-state index contributed by atoms with van der Waals surface area (Å²) in [5, 5.41) is 0. The molecule has 0 spiro atoms. The number of halogens is 2. The van der Waals surface area contributed by atoms with E-state index in [2.05, 4.69) is 31.9 Å².